The van der Waals surface area contributed by atoms with E-state index in [1.807, 2.05) is 6.92 Å². The van der Waals surface area contributed by atoms with Crippen LogP contribution < -0.4 is 18.9 Å². The van der Waals surface area contributed by atoms with Gasteiger partial charge < -0.3 is 18.9 Å². The number of carbonyl (C=O) groups is 2. The number of hydrogen-bond acceptors (Lipinski definition) is 8. The number of nitro benzene ring substituents is 1. The Labute approximate surface area is 189 Å². The number of hydrogen-bond donors (Lipinski definition) is 0. The average Bonchev–Trinajstić information content (AvgIpc) is 2.82. The van der Waals surface area contributed by atoms with E-state index in [0.717, 1.165) is 0 Å². The van der Waals surface area contributed by atoms with E-state index in [1.54, 1.807) is 30.3 Å². The summed E-state index contributed by atoms with van der Waals surface area (Å²) in [4.78, 5) is 36.2. The van der Waals surface area contributed by atoms with E-state index >= 15 is 0 Å². The number of esters is 2. The van der Waals surface area contributed by atoms with Gasteiger partial charge in [0, 0.05) is 12.1 Å². The molecule has 0 N–H and O–H groups in total. The maximum Gasteiger partial charge on any atom is 0.351 e. The van der Waals surface area contributed by atoms with Crippen molar-refractivity contribution in [2.24, 2.45) is 0 Å². The van der Waals surface area contributed by atoms with Crippen molar-refractivity contribution >= 4 is 17.6 Å². The zero-order valence-corrected chi connectivity index (χ0v) is 18.0. The molecule has 0 heterocycles. The molecule has 0 spiro atoms. The molecule has 0 aliphatic rings. The largest absolute Gasteiger partial charge is 0.496 e. The molecule has 3 rings (SSSR count). The van der Waals surface area contributed by atoms with Gasteiger partial charge in [0.2, 0.25) is 0 Å². The number of carbonyl (C=O) groups excluding carboxylic acids is 2. The van der Waals surface area contributed by atoms with Crippen LogP contribution in [-0.4, -0.2) is 30.6 Å². The van der Waals surface area contributed by atoms with Gasteiger partial charge in [-0.15, -0.1) is 0 Å². The van der Waals surface area contributed by atoms with E-state index in [-0.39, 0.29) is 40.7 Å². The number of methoxy groups -OCH3 is 1. The molecule has 0 atom stereocenters. The van der Waals surface area contributed by atoms with Crippen LogP contribution in [0.3, 0.4) is 0 Å². The van der Waals surface area contributed by atoms with Crippen LogP contribution in [0.15, 0.2) is 66.7 Å². The second-order valence-electron chi connectivity index (χ2n) is 6.71. The smallest absolute Gasteiger partial charge is 0.351 e. The number of nitro groups is 1. The molecule has 0 unspecified atom stereocenters. The quantitative estimate of drug-likeness (QED) is 0.197. The Balaban J connectivity index is 1.98. The third-order valence-electron chi connectivity index (χ3n) is 4.43. The SMILES string of the molecule is CCCOc1c(C(=O)Oc2ccccc2)ccc(OC)c1C(=O)Oc1ccc([N+](=O)[O-])cc1. The molecule has 0 aliphatic heterocycles. The molecular formula is C24H21NO8. The van der Waals surface area contributed by atoms with Crippen molar-refractivity contribution < 1.29 is 33.5 Å². The normalized spacial score (nSPS) is 10.2. The van der Waals surface area contributed by atoms with Crippen LogP contribution in [0, 0.1) is 10.1 Å². The minimum Gasteiger partial charge on any atom is -0.496 e. The highest BCUT2D eigenvalue weighted by Crippen LogP contribution is 2.35. The van der Waals surface area contributed by atoms with Gasteiger partial charge in [-0.3, -0.25) is 10.1 Å². The summed E-state index contributed by atoms with van der Waals surface area (Å²) in [6.07, 6.45) is 0.612. The first-order valence-electron chi connectivity index (χ1n) is 10.0. The summed E-state index contributed by atoms with van der Waals surface area (Å²) in [5.74, 6) is -1.09. The lowest BCUT2D eigenvalue weighted by Gasteiger charge is -2.17. The number of para-hydroxylation sites is 1. The molecule has 0 saturated heterocycles. The highest BCUT2D eigenvalue weighted by atomic mass is 16.6. The van der Waals surface area contributed by atoms with Crippen molar-refractivity contribution in [3.63, 3.8) is 0 Å². The van der Waals surface area contributed by atoms with Gasteiger partial charge in [0.05, 0.1) is 18.6 Å². The van der Waals surface area contributed by atoms with Gasteiger partial charge in [0.15, 0.2) is 5.75 Å². The van der Waals surface area contributed by atoms with Crippen molar-refractivity contribution in [1.82, 2.24) is 0 Å². The maximum atomic E-state index is 13.1. The molecule has 3 aromatic carbocycles. The highest BCUT2D eigenvalue weighted by molar-refractivity contribution is 6.03. The van der Waals surface area contributed by atoms with Crippen molar-refractivity contribution in [2.75, 3.05) is 13.7 Å². The average molecular weight is 451 g/mol. The lowest BCUT2D eigenvalue weighted by Crippen LogP contribution is -2.17. The van der Waals surface area contributed by atoms with Crippen LogP contribution >= 0.6 is 0 Å². The Morgan fingerprint density at radius 3 is 2.12 bits per heavy atom. The van der Waals surface area contributed by atoms with Crippen molar-refractivity contribution in [3.05, 3.63) is 88.0 Å². The monoisotopic (exact) mass is 451 g/mol. The van der Waals surface area contributed by atoms with E-state index in [2.05, 4.69) is 0 Å². The summed E-state index contributed by atoms with van der Waals surface area (Å²) in [6.45, 7) is 2.09. The summed E-state index contributed by atoms with van der Waals surface area (Å²) in [5, 5.41) is 10.8. The van der Waals surface area contributed by atoms with Crippen molar-refractivity contribution in [3.8, 4) is 23.0 Å². The van der Waals surface area contributed by atoms with Crippen LogP contribution in [0.5, 0.6) is 23.0 Å². The Morgan fingerprint density at radius 2 is 1.52 bits per heavy atom. The van der Waals surface area contributed by atoms with Crippen LogP contribution in [-0.2, 0) is 0 Å². The molecule has 0 aromatic heterocycles. The minimum atomic E-state index is -0.860. The third-order valence-corrected chi connectivity index (χ3v) is 4.43. The van der Waals surface area contributed by atoms with Crippen molar-refractivity contribution in [2.45, 2.75) is 13.3 Å². The van der Waals surface area contributed by atoms with E-state index in [9.17, 15) is 19.7 Å². The predicted octanol–water partition coefficient (Wildman–Crippen LogP) is 4.83. The zero-order valence-electron chi connectivity index (χ0n) is 18.0. The molecule has 0 amide bonds. The summed E-state index contributed by atoms with van der Waals surface area (Å²) in [6, 6.07) is 16.4. The second kappa shape index (κ2) is 10.8. The fourth-order valence-corrected chi connectivity index (χ4v) is 2.89. The van der Waals surface area contributed by atoms with Gasteiger partial charge >= 0.3 is 11.9 Å². The first-order valence-corrected chi connectivity index (χ1v) is 10.0. The molecule has 9 nitrogen and oxygen atoms in total. The molecule has 3 aromatic rings. The fourth-order valence-electron chi connectivity index (χ4n) is 2.89. The summed E-state index contributed by atoms with van der Waals surface area (Å²) < 4.78 is 21.8. The third kappa shape index (κ3) is 5.65. The van der Waals surface area contributed by atoms with E-state index in [4.69, 9.17) is 18.9 Å². The number of non-ortho nitro benzene ring substituents is 1. The minimum absolute atomic E-state index is 0.0174. The highest BCUT2D eigenvalue weighted by Gasteiger charge is 2.28. The first kappa shape index (κ1) is 23.3. The summed E-state index contributed by atoms with van der Waals surface area (Å²) in [5.41, 5.74) is -0.236. The number of benzene rings is 3. The van der Waals surface area contributed by atoms with Gasteiger partial charge in [-0.1, -0.05) is 25.1 Å². The van der Waals surface area contributed by atoms with E-state index < -0.39 is 16.9 Å². The Morgan fingerprint density at radius 1 is 0.879 bits per heavy atom. The lowest BCUT2D eigenvalue weighted by atomic mass is 10.1. The molecule has 33 heavy (non-hydrogen) atoms. The second-order valence-corrected chi connectivity index (χ2v) is 6.71. The van der Waals surface area contributed by atoms with Crippen LogP contribution in [0.25, 0.3) is 0 Å². The fraction of sp³-hybridized carbons (Fsp3) is 0.167. The van der Waals surface area contributed by atoms with Gasteiger partial charge in [-0.2, -0.15) is 0 Å². The number of rotatable bonds is 9. The molecule has 0 radical (unpaired) electrons. The van der Waals surface area contributed by atoms with Gasteiger partial charge in [-0.25, -0.2) is 9.59 Å². The molecule has 0 bridgehead atoms. The molecular weight excluding hydrogens is 430 g/mol. The summed E-state index contributed by atoms with van der Waals surface area (Å²) in [7, 11) is 1.36. The molecule has 170 valence electrons. The molecule has 0 aliphatic carbocycles. The standard InChI is InChI=1S/C24H21NO8/c1-3-15-31-22-19(23(26)32-17-7-5-4-6-8-17)13-14-20(30-2)21(22)24(27)33-18-11-9-16(10-12-18)25(28)29/h4-14H,3,15H2,1-2H3. The van der Waals surface area contributed by atoms with Crippen LogP contribution in [0.1, 0.15) is 34.1 Å². The Bertz CT molecular complexity index is 1140. The maximum absolute atomic E-state index is 13.1. The first-order chi connectivity index (χ1) is 15.9. The Hall–Kier alpha value is -4.40. The van der Waals surface area contributed by atoms with Crippen LogP contribution in [0.2, 0.25) is 0 Å². The van der Waals surface area contributed by atoms with E-state index in [1.165, 1.54) is 43.5 Å². The number of ether oxygens (including phenoxy) is 4. The van der Waals surface area contributed by atoms with Crippen LogP contribution in [0.4, 0.5) is 5.69 Å². The molecule has 0 fully saturated rings. The van der Waals surface area contributed by atoms with Gasteiger partial charge in [0.1, 0.15) is 28.4 Å². The van der Waals surface area contributed by atoms with Crippen molar-refractivity contribution in [1.29, 1.82) is 0 Å². The van der Waals surface area contributed by atoms with Gasteiger partial charge in [0.25, 0.3) is 5.69 Å². The van der Waals surface area contributed by atoms with E-state index in [0.29, 0.717) is 12.2 Å². The number of nitrogens with zero attached hydrogens (tertiary/aromatic N) is 1. The summed E-state index contributed by atoms with van der Waals surface area (Å²) >= 11 is 0. The predicted molar refractivity (Wildman–Crippen MR) is 118 cm³/mol. The Kier molecular flexibility index (Phi) is 7.59. The zero-order chi connectivity index (χ0) is 23.8. The topological polar surface area (TPSA) is 114 Å². The lowest BCUT2D eigenvalue weighted by molar-refractivity contribution is -0.384. The molecule has 9 heteroatoms. The van der Waals surface area contributed by atoms with Gasteiger partial charge in [-0.05, 0) is 42.8 Å². The molecule has 0 saturated carbocycles.